The van der Waals surface area contributed by atoms with Crippen LogP contribution in [0.25, 0.3) is 0 Å². The van der Waals surface area contributed by atoms with E-state index < -0.39 is 23.3 Å². The molecule has 0 bridgehead atoms. The van der Waals surface area contributed by atoms with Gasteiger partial charge in [-0.2, -0.15) is 15.8 Å². The second-order valence-corrected chi connectivity index (χ2v) is 7.39. The van der Waals surface area contributed by atoms with Crippen molar-refractivity contribution in [2.75, 3.05) is 33.9 Å². The number of fused-ring (bicyclic) bond motifs is 1. The molecule has 2 N–H and O–H groups in total. The second kappa shape index (κ2) is 8.91. The molecule has 0 spiro atoms. The molecule has 0 unspecified atom stereocenters. The molecule has 1 aliphatic heterocycles. The molecule has 9 heteroatoms. The molecule has 2 aliphatic rings. The molecule has 3 rings (SSSR count). The third-order valence-electron chi connectivity index (χ3n) is 5.96. The van der Waals surface area contributed by atoms with Gasteiger partial charge in [-0.15, -0.1) is 0 Å². The molecular formula is C23H23N5O4. The van der Waals surface area contributed by atoms with Gasteiger partial charge in [0.05, 0.1) is 44.2 Å². The lowest BCUT2D eigenvalue weighted by molar-refractivity contribution is 0.0998. The van der Waals surface area contributed by atoms with Crippen molar-refractivity contribution in [3.05, 3.63) is 46.7 Å². The van der Waals surface area contributed by atoms with E-state index in [0.29, 0.717) is 22.6 Å². The summed E-state index contributed by atoms with van der Waals surface area (Å²) in [5.41, 5.74) is 5.58. The topological polar surface area (TPSA) is 145 Å². The Hall–Kier alpha value is -4.16. The van der Waals surface area contributed by atoms with Crippen LogP contribution in [0.3, 0.4) is 0 Å². The van der Waals surface area contributed by atoms with E-state index >= 15 is 0 Å². The highest BCUT2D eigenvalue weighted by molar-refractivity contribution is 5.69. The Balaban J connectivity index is 2.32. The van der Waals surface area contributed by atoms with Gasteiger partial charge < -0.3 is 24.8 Å². The van der Waals surface area contributed by atoms with Gasteiger partial charge in [-0.25, -0.2) is 4.79 Å². The normalized spacial score (nSPS) is 21.2. The molecule has 2 atom stereocenters. The number of carbonyl (C=O) groups is 1. The summed E-state index contributed by atoms with van der Waals surface area (Å²) in [6, 6.07) is 11.3. The molecule has 1 amide bonds. The van der Waals surface area contributed by atoms with Crippen LogP contribution in [0.5, 0.6) is 11.5 Å². The number of hydrogen-bond donors (Lipinski definition) is 1. The minimum absolute atomic E-state index is 0.0970. The fourth-order valence-corrected chi connectivity index (χ4v) is 4.47. The van der Waals surface area contributed by atoms with Crippen LogP contribution >= 0.6 is 0 Å². The largest absolute Gasteiger partial charge is 0.497 e. The van der Waals surface area contributed by atoms with Crippen molar-refractivity contribution in [3.8, 4) is 29.7 Å². The highest BCUT2D eigenvalue weighted by Crippen LogP contribution is 2.56. The van der Waals surface area contributed by atoms with E-state index in [0.717, 1.165) is 0 Å². The number of carbonyl (C=O) groups excluding carboxylic acids is 1. The first-order chi connectivity index (χ1) is 15.4. The average Bonchev–Trinajstić information content (AvgIpc) is 2.82. The lowest BCUT2D eigenvalue weighted by atomic mass is 9.58. The Morgan fingerprint density at radius 1 is 1.25 bits per heavy atom. The summed E-state index contributed by atoms with van der Waals surface area (Å²) in [6.45, 7) is 2.28. The van der Waals surface area contributed by atoms with Crippen LogP contribution in [-0.2, 0) is 4.74 Å². The van der Waals surface area contributed by atoms with Gasteiger partial charge in [-0.05, 0) is 30.7 Å². The Labute approximate surface area is 186 Å². The first kappa shape index (κ1) is 22.5. The predicted octanol–water partition coefficient (Wildman–Crippen LogP) is 2.59. The van der Waals surface area contributed by atoms with Crippen molar-refractivity contribution in [1.29, 1.82) is 15.8 Å². The number of nitrogens with zero attached hydrogens (tertiary/aromatic N) is 4. The third-order valence-corrected chi connectivity index (χ3v) is 5.96. The molecule has 164 valence electrons. The summed E-state index contributed by atoms with van der Waals surface area (Å²) < 4.78 is 16.0. The number of amides is 1. The van der Waals surface area contributed by atoms with E-state index in [1.165, 1.54) is 19.1 Å². The second-order valence-electron chi connectivity index (χ2n) is 7.39. The fourth-order valence-electron chi connectivity index (χ4n) is 4.47. The lowest BCUT2D eigenvalue weighted by Crippen LogP contribution is -2.49. The molecule has 0 fully saturated rings. The van der Waals surface area contributed by atoms with E-state index in [-0.39, 0.29) is 31.0 Å². The minimum Gasteiger partial charge on any atom is -0.497 e. The van der Waals surface area contributed by atoms with Crippen LogP contribution in [0, 0.1) is 45.3 Å². The molecule has 1 heterocycles. The summed E-state index contributed by atoms with van der Waals surface area (Å²) in [5.74, 6) is -0.465. The molecule has 1 aromatic rings. The first-order valence-corrected chi connectivity index (χ1v) is 9.99. The zero-order chi connectivity index (χ0) is 23.5. The maximum absolute atomic E-state index is 12.5. The van der Waals surface area contributed by atoms with Crippen LogP contribution in [0.2, 0.25) is 0 Å². The van der Waals surface area contributed by atoms with E-state index in [1.54, 1.807) is 31.2 Å². The number of ether oxygens (including phenoxy) is 3. The van der Waals surface area contributed by atoms with Crippen LogP contribution in [0.15, 0.2) is 41.1 Å². The number of hydrogen-bond acceptors (Lipinski definition) is 8. The quantitative estimate of drug-likeness (QED) is 0.762. The molecular weight excluding hydrogens is 410 g/mol. The van der Waals surface area contributed by atoms with Gasteiger partial charge in [-0.1, -0.05) is 6.08 Å². The lowest BCUT2D eigenvalue weighted by Gasteiger charge is -2.45. The van der Waals surface area contributed by atoms with Gasteiger partial charge in [0.15, 0.2) is 5.41 Å². The number of benzene rings is 1. The van der Waals surface area contributed by atoms with Gasteiger partial charge >= 0.3 is 6.09 Å². The number of nitriles is 3. The summed E-state index contributed by atoms with van der Waals surface area (Å²) in [7, 11) is 2.99. The highest BCUT2D eigenvalue weighted by atomic mass is 16.6. The fraction of sp³-hybridized carbons (Fsp3) is 0.391. The van der Waals surface area contributed by atoms with Crippen molar-refractivity contribution in [2.24, 2.45) is 17.1 Å². The summed E-state index contributed by atoms with van der Waals surface area (Å²) in [5, 5.41) is 30.2. The molecule has 1 aliphatic carbocycles. The van der Waals surface area contributed by atoms with Crippen molar-refractivity contribution in [1.82, 2.24) is 4.90 Å². The first-order valence-electron chi connectivity index (χ1n) is 9.99. The highest BCUT2D eigenvalue weighted by Gasteiger charge is 2.55. The Morgan fingerprint density at radius 3 is 2.53 bits per heavy atom. The molecule has 0 saturated carbocycles. The van der Waals surface area contributed by atoms with Gasteiger partial charge in [0.1, 0.15) is 17.6 Å². The predicted molar refractivity (Wildman–Crippen MR) is 113 cm³/mol. The molecule has 32 heavy (non-hydrogen) atoms. The van der Waals surface area contributed by atoms with Crippen LogP contribution in [0.1, 0.15) is 18.4 Å². The number of allylic oxidation sites excluding steroid dienone is 2. The number of rotatable bonds is 4. The van der Waals surface area contributed by atoms with E-state index in [9.17, 15) is 20.6 Å². The molecule has 1 aromatic carbocycles. The summed E-state index contributed by atoms with van der Waals surface area (Å²) in [6.07, 6.45) is 1.22. The van der Waals surface area contributed by atoms with E-state index in [2.05, 4.69) is 18.2 Å². The zero-order valence-corrected chi connectivity index (χ0v) is 18.1. The maximum atomic E-state index is 12.5. The van der Waals surface area contributed by atoms with Crippen LogP contribution in [-0.4, -0.2) is 44.9 Å². The van der Waals surface area contributed by atoms with Gasteiger partial charge in [0.2, 0.25) is 0 Å². The van der Waals surface area contributed by atoms with Gasteiger partial charge in [0.25, 0.3) is 0 Å². The van der Waals surface area contributed by atoms with Gasteiger partial charge in [-0.3, -0.25) is 0 Å². The Morgan fingerprint density at radius 2 is 1.97 bits per heavy atom. The smallest absolute Gasteiger partial charge is 0.410 e. The van der Waals surface area contributed by atoms with E-state index in [4.69, 9.17) is 19.9 Å². The molecule has 0 radical (unpaired) electrons. The number of nitrogens with two attached hydrogens (primary N) is 1. The van der Waals surface area contributed by atoms with Gasteiger partial charge in [0, 0.05) is 30.5 Å². The Kier molecular flexibility index (Phi) is 6.27. The molecule has 0 saturated heterocycles. The monoisotopic (exact) mass is 433 g/mol. The minimum atomic E-state index is -1.86. The zero-order valence-electron chi connectivity index (χ0n) is 18.1. The van der Waals surface area contributed by atoms with Crippen molar-refractivity contribution in [2.45, 2.75) is 12.8 Å². The average molecular weight is 433 g/mol. The number of methoxy groups -OCH3 is 2. The van der Waals surface area contributed by atoms with Crippen LogP contribution in [0.4, 0.5) is 4.79 Å². The van der Waals surface area contributed by atoms with Crippen molar-refractivity contribution in [3.63, 3.8) is 0 Å². The van der Waals surface area contributed by atoms with Crippen LogP contribution < -0.4 is 15.2 Å². The van der Waals surface area contributed by atoms with Crippen molar-refractivity contribution >= 4 is 6.09 Å². The third kappa shape index (κ3) is 3.36. The summed E-state index contributed by atoms with van der Waals surface area (Å²) >= 11 is 0. The molecule has 9 nitrogen and oxygen atoms in total. The van der Waals surface area contributed by atoms with Crippen molar-refractivity contribution < 1.29 is 19.0 Å². The maximum Gasteiger partial charge on any atom is 0.410 e. The molecule has 0 aromatic heterocycles. The van der Waals surface area contributed by atoms with E-state index in [1.807, 2.05) is 0 Å². The Bertz CT molecular complexity index is 1100. The SMILES string of the molecule is CCOC(=O)N1CC=C2C(C#N)=C(N)C(C#N)(C#N)[C@@H](c3cc(OC)ccc3OC)[C@H]2C1. The summed E-state index contributed by atoms with van der Waals surface area (Å²) in [4.78, 5) is 13.9. The standard InChI is InChI=1S/C23H23N5O4/c1-4-32-22(29)28-8-7-15-17(10-24)21(27)23(12-25,13-26)20(18(15)11-28)16-9-14(30-2)5-6-19(16)31-3/h5-7,9,18,20H,4,8,11,27H2,1-3H3/t18-,20-/m0/s1.